The normalized spacial score (nSPS) is 17.8. The van der Waals surface area contributed by atoms with Gasteiger partial charge in [-0.1, -0.05) is 6.92 Å². The Labute approximate surface area is 76.9 Å². The van der Waals surface area contributed by atoms with Crippen molar-refractivity contribution in [1.29, 1.82) is 0 Å². The maximum atomic E-state index is 11.2. The lowest BCUT2D eigenvalue weighted by atomic mass is 10.1. The first-order valence-corrected chi connectivity index (χ1v) is 4.50. The van der Waals surface area contributed by atoms with Gasteiger partial charge < -0.3 is 0 Å². The molecule has 2 amide bonds. The molecule has 0 aromatic carbocycles. The molecule has 13 heavy (non-hydrogen) atoms. The summed E-state index contributed by atoms with van der Waals surface area (Å²) in [7, 11) is 0. The Kier molecular flexibility index (Phi) is 3.17. The highest BCUT2D eigenvalue weighted by atomic mass is 16.2. The highest BCUT2D eigenvalue weighted by molar-refractivity contribution is 6.00. The lowest BCUT2D eigenvalue weighted by molar-refractivity contribution is -0.150. The van der Waals surface area contributed by atoms with Crippen molar-refractivity contribution in [3.8, 4) is 0 Å². The second-order valence-electron chi connectivity index (χ2n) is 3.12. The zero-order valence-electron chi connectivity index (χ0n) is 7.71. The zero-order chi connectivity index (χ0) is 9.84. The summed E-state index contributed by atoms with van der Waals surface area (Å²) in [4.78, 5) is 34.5. The van der Waals surface area contributed by atoms with Crippen LogP contribution < -0.4 is 0 Å². The second kappa shape index (κ2) is 4.16. The Balaban J connectivity index is 2.59. The van der Waals surface area contributed by atoms with E-state index >= 15 is 0 Å². The van der Waals surface area contributed by atoms with Crippen LogP contribution in [0, 0.1) is 0 Å². The van der Waals surface area contributed by atoms with Crippen LogP contribution in [0.25, 0.3) is 0 Å². The van der Waals surface area contributed by atoms with Crippen LogP contribution in [-0.2, 0) is 14.4 Å². The summed E-state index contributed by atoms with van der Waals surface area (Å²) in [6.07, 6.45) is 1.77. The van der Waals surface area contributed by atoms with Gasteiger partial charge in [-0.25, -0.2) is 0 Å². The number of hydrogen-bond donors (Lipinski definition) is 0. The van der Waals surface area contributed by atoms with Gasteiger partial charge in [0.1, 0.15) is 0 Å². The predicted molar refractivity (Wildman–Crippen MR) is 45.9 cm³/mol. The van der Waals surface area contributed by atoms with Crippen molar-refractivity contribution in [1.82, 2.24) is 4.90 Å². The number of amides is 2. The van der Waals surface area contributed by atoms with Crippen molar-refractivity contribution in [2.75, 3.05) is 6.54 Å². The molecule has 1 fully saturated rings. The fourth-order valence-electron chi connectivity index (χ4n) is 1.26. The van der Waals surface area contributed by atoms with Gasteiger partial charge in [-0.05, 0) is 6.42 Å². The number of rotatable bonds is 3. The van der Waals surface area contributed by atoms with Crippen LogP contribution in [0.15, 0.2) is 0 Å². The van der Waals surface area contributed by atoms with Crippen molar-refractivity contribution in [2.45, 2.75) is 32.6 Å². The third-order valence-corrected chi connectivity index (χ3v) is 2.11. The molecule has 0 radical (unpaired) electrons. The Morgan fingerprint density at radius 2 is 1.85 bits per heavy atom. The Bertz CT molecular complexity index is 231. The van der Waals surface area contributed by atoms with E-state index in [4.69, 9.17) is 0 Å². The largest absolute Gasteiger partial charge is 0.298 e. The van der Waals surface area contributed by atoms with E-state index in [0.717, 1.165) is 4.90 Å². The molecule has 0 atom stereocenters. The molecule has 0 aliphatic carbocycles. The Hall–Kier alpha value is -1.19. The summed E-state index contributed by atoms with van der Waals surface area (Å²) in [5.41, 5.74) is 0. The topological polar surface area (TPSA) is 54.5 Å². The van der Waals surface area contributed by atoms with Crippen LogP contribution in [0.1, 0.15) is 32.6 Å². The molecule has 1 aliphatic heterocycles. The highest BCUT2D eigenvalue weighted by Crippen LogP contribution is 2.11. The van der Waals surface area contributed by atoms with Crippen molar-refractivity contribution in [2.24, 2.45) is 0 Å². The summed E-state index contributed by atoms with van der Waals surface area (Å²) >= 11 is 0. The molecule has 0 N–H and O–H groups in total. The van der Waals surface area contributed by atoms with Crippen LogP contribution in [-0.4, -0.2) is 29.0 Å². The van der Waals surface area contributed by atoms with Gasteiger partial charge in [0, 0.05) is 19.3 Å². The van der Waals surface area contributed by atoms with Crippen molar-refractivity contribution in [3.63, 3.8) is 0 Å². The number of nitrogens with zero attached hydrogens (tertiary/aromatic N) is 1. The fourth-order valence-corrected chi connectivity index (χ4v) is 1.26. The van der Waals surface area contributed by atoms with Gasteiger partial charge in [0.2, 0.25) is 11.8 Å². The summed E-state index contributed by atoms with van der Waals surface area (Å²) in [5, 5.41) is 0. The molecule has 0 aromatic heterocycles. The summed E-state index contributed by atoms with van der Waals surface area (Å²) in [5.74, 6) is -0.486. The van der Waals surface area contributed by atoms with Crippen molar-refractivity contribution >= 4 is 17.6 Å². The minimum absolute atomic E-state index is 0.0336. The third-order valence-electron chi connectivity index (χ3n) is 2.11. The minimum Gasteiger partial charge on any atom is -0.298 e. The van der Waals surface area contributed by atoms with Crippen molar-refractivity contribution < 1.29 is 14.4 Å². The first-order chi connectivity index (χ1) is 6.15. The van der Waals surface area contributed by atoms with E-state index in [9.17, 15) is 14.4 Å². The zero-order valence-corrected chi connectivity index (χ0v) is 7.71. The van der Waals surface area contributed by atoms with Gasteiger partial charge in [-0.3, -0.25) is 19.3 Å². The van der Waals surface area contributed by atoms with Crippen LogP contribution >= 0.6 is 0 Å². The Morgan fingerprint density at radius 3 is 2.31 bits per heavy atom. The smallest absolute Gasteiger partial charge is 0.229 e. The van der Waals surface area contributed by atoms with Crippen LogP contribution in [0.2, 0.25) is 0 Å². The number of ketones is 1. The van der Waals surface area contributed by atoms with Crippen LogP contribution in [0.5, 0.6) is 0 Å². The molecule has 1 heterocycles. The number of imide groups is 1. The van der Waals surface area contributed by atoms with E-state index in [1.54, 1.807) is 6.92 Å². The van der Waals surface area contributed by atoms with E-state index in [1.165, 1.54) is 0 Å². The molecule has 4 nitrogen and oxygen atoms in total. The summed E-state index contributed by atoms with van der Waals surface area (Å²) < 4.78 is 0. The van der Waals surface area contributed by atoms with E-state index in [0.29, 0.717) is 25.7 Å². The lowest BCUT2D eigenvalue weighted by Crippen LogP contribution is -2.43. The van der Waals surface area contributed by atoms with E-state index in [1.807, 2.05) is 0 Å². The molecular weight excluding hydrogens is 170 g/mol. The van der Waals surface area contributed by atoms with Gasteiger partial charge in [-0.2, -0.15) is 0 Å². The molecular formula is C9H13NO3. The molecule has 1 saturated heterocycles. The van der Waals surface area contributed by atoms with E-state index in [2.05, 4.69) is 0 Å². The number of likely N-dealkylation sites (tertiary alicyclic amines) is 1. The summed E-state index contributed by atoms with van der Waals surface area (Å²) in [6, 6.07) is 0. The molecule has 72 valence electrons. The van der Waals surface area contributed by atoms with E-state index < -0.39 is 0 Å². The van der Waals surface area contributed by atoms with Crippen molar-refractivity contribution in [3.05, 3.63) is 0 Å². The minimum atomic E-state index is -0.210. The standard InChI is InChI=1S/C9H13NO3/c1-2-7(11)6-10-8(12)4-3-5-9(10)13/h2-6H2,1H3. The van der Waals surface area contributed by atoms with Gasteiger partial charge in [0.05, 0.1) is 6.54 Å². The number of piperidine rings is 1. The number of carbonyl (C=O) groups excluding carboxylic acids is 3. The van der Waals surface area contributed by atoms with Crippen LogP contribution in [0.3, 0.4) is 0 Å². The molecule has 0 bridgehead atoms. The third kappa shape index (κ3) is 2.37. The number of hydrogen-bond acceptors (Lipinski definition) is 3. The highest BCUT2D eigenvalue weighted by Gasteiger charge is 2.26. The van der Waals surface area contributed by atoms with E-state index in [-0.39, 0.29) is 24.1 Å². The van der Waals surface area contributed by atoms with Gasteiger partial charge in [-0.15, -0.1) is 0 Å². The number of carbonyl (C=O) groups is 3. The molecule has 0 unspecified atom stereocenters. The predicted octanol–water partition coefficient (Wildman–Crippen LogP) is 0.505. The molecule has 1 rings (SSSR count). The molecule has 0 spiro atoms. The number of Topliss-reactive ketones (excluding diaryl/α,β-unsaturated/α-hetero) is 1. The average Bonchev–Trinajstić information content (AvgIpc) is 2.11. The quantitative estimate of drug-likeness (QED) is 0.599. The maximum Gasteiger partial charge on any atom is 0.229 e. The maximum absolute atomic E-state index is 11.2. The molecule has 4 heteroatoms. The lowest BCUT2D eigenvalue weighted by Gasteiger charge is -2.23. The fraction of sp³-hybridized carbons (Fsp3) is 0.667. The van der Waals surface area contributed by atoms with Gasteiger partial charge in [0.25, 0.3) is 0 Å². The molecule has 1 aliphatic rings. The Morgan fingerprint density at radius 1 is 1.31 bits per heavy atom. The van der Waals surface area contributed by atoms with Crippen LogP contribution in [0.4, 0.5) is 0 Å². The SMILES string of the molecule is CCC(=O)CN1C(=O)CCCC1=O. The summed E-state index contributed by atoms with van der Waals surface area (Å²) in [6.45, 7) is 1.69. The average molecular weight is 183 g/mol. The van der Waals surface area contributed by atoms with Gasteiger partial charge >= 0.3 is 0 Å². The molecule has 0 saturated carbocycles. The first kappa shape index (κ1) is 9.89. The monoisotopic (exact) mass is 183 g/mol. The first-order valence-electron chi connectivity index (χ1n) is 4.50. The second-order valence-corrected chi connectivity index (χ2v) is 3.12. The van der Waals surface area contributed by atoms with Gasteiger partial charge in [0.15, 0.2) is 5.78 Å². The molecule has 0 aromatic rings.